The molecule has 2 aliphatic rings. The van der Waals surface area contributed by atoms with Crippen LogP contribution in [0.1, 0.15) is 39.0 Å². The van der Waals surface area contributed by atoms with E-state index in [1.165, 1.54) is 25.7 Å². The number of hydrogen-bond donors (Lipinski definition) is 1. The highest BCUT2D eigenvalue weighted by molar-refractivity contribution is 4.81. The van der Waals surface area contributed by atoms with E-state index in [2.05, 4.69) is 12.2 Å². The lowest BCUT2D eigenvalue weighted by Gasteiger charge is -2.26. The molecular formula is C12H23NO2. The van der Waals surface area contributed by atoms with Crippen LogP contribution >= 0.6 is 0 Å². The van der Waals surface area contributed by atoms with E-state index < -0.39 is 0 Å². The number of rotatable bonds is 5. The van der Waals surface area contributed by atoms with Crippen molar-refractivity contribution in [3.8, 4) is 0 Å². The van der Waals surface area contributed by atoms with Crippen LogP contribution in [0.4, 0.5) is 0 Å². The molecule has 3 heteroatoms. The summed E-state index contributed by atoms with van der Waals surface area (Å²) >= 11 is 0. The van der Waals surface area contributed by atoms with Crippen LogP contribution in [0.5, 0.6) is 0 Å². The summed E-state index contributed by atoms with van der Waals surface area (Å²) in [6.45, 7) is 4.77. The topological polar surface area (TPSA) is 30.5 Å². The molecule has 3 nitrogen and oxygen atoms in total. The summed E-state index contributed by atoms with van der Waals surface area (Å²) in [5, 5.41) is 3.59. The van der Waals surface area contributed by atoms with Crippen molar-refractivity contribution < 1.29 is 9.47 Å². The Morgan fingerprint density at radius 1 is 1.20 bits per heavy atom. The summed E-state index contributed by atoms with van der Waals surface area (Å²) < 4.78 is 11.1. The molecule has 0 amide bonds. The first kappa shape index (κ1) is 11.4. The van der Waals surface area contributed by atoms with E-state index in [4.69, 9.17) is 9.47 Å². The smallest absolute Gasteiger partial charge is 0.159 e. The Hall–Kier alpha value is -0.120. The molecule has 0 bridgehead atoms. The van der Waals surface area contributed by atoms with Gasteiger partial charge in [0.15, 0.2) is 6.29 Å². The first-order valence-electron chi connectivity index (χ1n) is 6.36. The molecule has 0 aromatic rings. The second-order valence-corrected chi connectivity index (χ2v) is 4.62. The summed E-state index contributed by atoms with van der Waals surface area (Å²) in [5.74, 6) is 0.845. The first-order valence-corrected chi connectivity index (χ1v) is 6.36. The van der Waals surface area contributed by atoms with E-state index in [0.717, 1.165) is 32.1 Å². The van der Waals surface area contributed by atoms with Gasteiger partial charge in [-0.3, -0.25) is 0 Å². The zero-order chi connectivity index (χ0) is 10.5. The van der Waals surface area contributed by atoms with Gasteiger partial charge in [0, 0.05) is 12.5 Å². The van der Waals surface area contributed by atoms with Gasteiger partial charge in [-0.2, -0.15) is 0 Å². The maximum absolute atomic E-state index is 5.53. The van der Waals surface area contributed by atoms with Crippen LogP contribution in [0.2, 0.25) is 0 Å². The normalized spacial score (nSPS) is 26.2. The Kier molecular flexibility index (Phi) is 4.42. The fourth-order valence-electron chi connectivity index (χ4n) is 2.82. The third-order valence-corrected chi connectivity index (χ3v) is 3.57. The van der Waals surface area contributed by atoms with Crippen molar-refractivity contribution in [2.75, 3.05) is 19.8 Å². The van der Waals surface area contributed by atoms with Crippen LogP contribution in [0.15, 0.2) is 0 Å². The van der Waals surface area contributed by atoms with Gasteiger partial charge in [-0.1, -0.05) is 19.8 Å². The van der Waals surface area contributed by atoms with Crippen LogP contribution in [0.25, 0.3) is 0 Å². The van der Waals surface area contributed by atoms with Crippen LogP contribution < -0.4 is 5.32 Å². The molecule has 1 N–H and O–H groups in total. The fourth-order valence-corrected chi connectivity index (χ4v) is 2.82. The Balaban J connectivity index is 1.81. The van der Waals surface area contributed by atoms with Crippen molar-refractivity contribution in [1.82, 2.24) is 5.32 Å². The molecule has 1 heterocycles. The van der Waals surface area contributed by atoms with Crippen molar-refractivity contribution in [1.29, 1.82) is 0 Å². The predicted molar refractivity (Wildman–Crippen MR) is 59.7 cm³/mol. The molecule has 1 saturated carbocycles. The molecule has 0 aromatic heterocycles. The predicted octanol–water partition coefficient (Wildman–Crippen LogP) is 1.92. The molecule has 1 atom stereocenters. The van der Waals surface area contributed by atoms with Gasteiger partial charge in [-0.05, 0) is 25.3 Å². The number of hydrogen-bond acceptors (Lipinski definition) is 3. The van der Waals surface area contributed by atoms with Gasteiger partial charge < -0.3 is 14.8 Å². The van der Waals surface area contributed by atoms with Crippen molar-refractivity contribution in [2.24, 2.45) is 5.92 Å². The summed E-state index contributed by atoms with van der Waals surface area (Å²) in [5.41, 5.74) is 0. The molecule has 88 valence electrons. The van der Waals surface area contributed by atoms with Crippen LogP contribution in [0.3, 0.4) is 0 Å². The van der Waals surface area contributed by atoms with E-state index in [-0.39, 0.29) is 6.29 Å². The van der Waals surface area contributed by atoms with Crippen molar-refractivity contribution in [2.45, 2.75) is 51.4 Å². The second kappa shape index (κ2) is 5.83. The molecule has 1 saturated heterocycles. The quantitative estimate of drug-likeness (QED) is 0.757. The highest BCUT2D eigenvalue weighted by Crippen LogP contribution is 2.30. The molecule has 2 rings (SSSR count). The minimum Gasteiger partial charge on any atom is -0.350 e. The number of nitrogens with one attached hydrogen (secondary N) is 1. The Labute approximate surface area is 92.5 Å². The van der Waals surface area contributed by atoms with Crippen LogP contribution in [-0.2, 0) is 9.47 Å². The molecule has 0 spiro atoms. The van der Waals surface area contributed by atoms with Crippen molar-refractivity contribution in [3.63, 3.8) is 0 Å². The summed E-state index contributed by atoms with van der Waals surface area (Å²) in [6, 6.07) is 0.598. The van der Waals surface area contributed by atoms with E-state index in [0.29, 0.717) is 6.04 Å². The number of ether oxygens (including phenoxy) is 2. The minimum absolute atomic E-state index is 0.0506. The van der Waals surface area contributed by atoms with Crippen molar-refractivity contribution >= 4 is 0 Å². The standard InChI is InChI=1S/C12H23NO2/c1-2-13-11(10-5-3-4-6-10)9-12-14-7-8-15-12/h10-13H,2-9H2,1H3. The third kappa shape index (κ3) is 3.16. The Bertz CT molecular complexity index is 174. The van der Waals surface area contributed by atoms with Gasteiger partial charge in [-0.25, -0.2) is 0 Å². The molecule has 0 aromatic carbocycles. The largest absolute Gasteiger partial charge is 0.350 e. The zero-order valence-electron chi connectivity index (χ0n) is 9.71. The van der Waals surface area contributed by atoms with E-state index in [9.17, 15) is 0 Å². The molecule has 2 fully saturated rings. The lowest BCUT2D eigenvalue weighted by molar-refractivity contribution is -0.0562. The maximum atomic E-state index is 5.53. The van der Waals surface area contributed by atoms with E-state index in [1.807, 2.05) is 0 Å². The molecule has 1 aliphatic carbocycles. The monoisotopic (exact) mass is 213 g/mol. The van der Waals surface area contributed by atoms with E-state index in [1.54, 1.807) is 0 Å². The minimum atomic E-state index is 0.0506. The highest BCUT2D eigenvalue weighted by Gasteiger charge is 2.28. The van der Waals surface area contributed by atoms with Gasteiger partial charge in [0.2, 0.25) is 0 Å². The zero-order valence-corrected chi connectivity index (χ0v) is 9.71. The molecule has 1 aliphatic heterocycles. The lowest BCUT2D eigenvalue weighted by atomic mass is 9.95. The van der Waals surface area contributed by atoms with Gasteiger partial charge in [0.1, 0.15) is 0 Å². The Morgan fingerprint density at radius 2 is 1.87 bits per heavy atom. The first-order chi connectivity index (χ1) is 7.40. The maximum Gasteiger partial charge on any atom is 0.159 e. The van der Waals surface area contributed by atoms with E-state index >= 15 is 0 Å². The average Bonchev–Trinajstić information content (AvgIpc) is 2.89. The average molecular weight is 213 g/mol. The van der Waals surface area contributed by atoms with Crippen LogP contribution in [-0.4, -0.2) is 32.1 Å². The summed E-state index contributed by atoms with van der Waals surface area (Å²) in [7, 11) is 0. The summed E-state index contributed by atoms with van der Waals surface area (Å²) in [6.07, 6.45) is 6.64. The van der Waals surface area contributed by atoms with Crippen molar-refractivity contribution in [3.05, 3.63) is 0 Å². The van der Waals surface area contributed by atoms with Crippen LogP contribution in [0, 0.1) is 5.92 Å². The summed E-state index contributed by atoms with van der Waals surface area (Å²) in [4.78, 5) is 0. The van der Waals surface area contributed by atoms with Gasteiger partial charge in [0.25, 0.3) is 0 Å². The van der Waals surface area contributed by atoms with Gasteiger partial charge in [0.05, 0.1) is 13.2 Å². The lowest BCUT2D eigenvalue weighted by Crippen LogP contribution is -2.38. The fraction of sp³-hybridized carbons (Fsp3) is 1.00. The third-order valence-electron chi connectivity index (χ3n) is 3.57. The Morgan fingerprint density at radius 3 is 2.47 bits per heavy atom. The SMILES string of the molecule is CCNC(CC1OCCO1)C1CCCC1. The highest BCUT2D eigenvalue weighted by atomic mass is 16.7. The van der Waals surface area contributed by atoms with Gasteiger partial charge >= 0.3 is 0 Å². The molecule has 0 radical (unpaired) electrons. The molecule has 15 heavy (non-hydrogen) atoms. The molecule has 1 unspecified atom stereocenters. The molecular weight excluding hydrogens is 190 g/mol. The second-order valence-electron chi connectivity index (χ2n) is 4.62. The van der Waals surface area contributed by atoms with Gasteiger partial charge in [-0.15, -0.1) is 0 Å².